The number of aromatic nitrogens is 2. The standard InChI is InChI=1S/C16H18BrN3O/c1-3-7-18-16-14(17)10(2)19-15(20-16)12-4-5-13-11(9-12)6-8-21-13/h4-5,9H,3,6-8H2,1-2H3,(H,18,19,20). The number of nitrogens with one attached hydrogen (secondary N) is 1. The fraction of sp³-hybridized carbons (Fsp3) is 0.375. The van der Waals surface area contributed by atoms with Gasteiger partial charge in [-0.05, 0) is 53.0 Å². The van der Waals surface area contributed by atoms with E-state index in [1.54, 1.807) is 0 Å². The van der Waals surface area contributed by atoms with Crippen LogP contribution in [0.1, 0.15) is 24.6 Å². The van der Waals surface area contributed by atoms with Crippen LogP contribution in [0.5, 0.6) is 5.75 Å². The van der Waals surface area contributed by atoms with Crippen molar-refractivity contribution in [3.05, 3.63) is 33.9 Å². The van der Waals surface area contributed by atoms with Crippen molar-refractivity contribution in [2.24, 2.45) is 0 Å². The molecule has 0 radical (unpaired) electrons. The van der Waals surface area contributed by atoms with E-state index in [4.69, 9.17) is 4.74 Å². The van der Waals surface area contributed by atoms with E-state index in [0.717, 1.165) is 59.1 Å². The maximum atomic E-state index is 5.55. The summed E-state index contributed by atoms with van der Waals surface area (Å²) in [5.74, 6) is 2.59. The van der Waals surface area contributed by atoms with Crippen molar-refractivity contribution in [1.82, 2.24) is 9.97 Å². The highest BCUT2D eigenvalue weighted by Gasteiger charge is 2.15. The summed E-state index contributed by atoms with van der Waals surface area (Å²) in [7, 11) is 0. The Balaban J connectivity index is 2.00. The molecule has 0 fully saturated rings. The van der Waals surface area contributed by atoms with Crippen LogP contribution in [0.15, 0.2) is 22.7 Å². The van der Waals surface area contributed by atoms with Crippen molar-refractivity contribution >= 4 is 21.7 Å². The lowest BCUT2D eigenvalue weighted by molar-refractivity contribution is 0.357. The van der Waals surface area contributed by atoms with E-state index in [1.165, 1.54) is 5.56 Å². The molecule has 0 aliphatic carbocycles. The van der Waals surface area contributed by atoms with Crippen molar-refractivity contribution in [2.75, 3.05) is 18.5 Å². The first-order valence-corrected chi connectivity index (χ1v) is 8.02. The van der Waals surface area contributed by atoms with Gasteiger partial charge in [0.25, 0.3) is 0 Å². The molecule has 110 valence electrons. The van der Waals surface area contributed by atoms with Crippen LogP contribution >= 0.6 is 15.9 Å². The average molecular weight is 348 g/mol. The van der Waals surface area contributed by atoms with Gasteiger partial charge in [-0.3, -0.25) is 0 Å². The lowest BCUT2D eigenvalue weighted by Gasteiger charge is -2.11. The number of ether oxygens (including phenoxy) is 1. The second-order valence-corrected chi connectivity index (χ2v) is 5.94. The third-order valence-electron chi connectivity index (χ3n) is 3.51. The Hall–Kier alpha value is -1.62. The highest BCUT2D eigenvalue weighted by atomic mass is 79.9. The predicted octanol–water partition coefficient (Wildman–Crippen LogP) is 3.97. The molecule has 0 saturated carbocycles. The minimum atomic E-state index is 0.754. The molecule has 1 N–H and O–H groups in total. The quantitative estimate of drug-likeness (QED) is 0.908. The molecule has 1 aromatic carbocycles. The maximum Gasteiger partial charge on any atom is 0.161 e. The van der Waals surface area contributed by atoms with Crippen LogP contribution in [0.3, 0.4) is 0 Å². The average Bonchev–Trinajstić information content (AvgIpc) is 2.96. The molecule has 3 rings (SSSR count). The Kier molecular flexibility index (Phi) is 4.10. The summed E-state index contributed by atoms with van der Waals surface area (Å²) in [6, 6.07) is 6.17. The Morgan fingerprint density at radius 1 is 1.33 bits per heavy atom. The molecule has 0 bridgehead atoms. The number of fused-ring (bicyclic) bond motifs is 1. The summed E-state index contributed by atoms with van der Waals surface area (Å²) in [5.41, 5.74) is 3.21. The lowest BCUT2D eigenvalue weighted by atomic mass is 10.1. The number of rotatable bonds is 4. The third-order valence-corrected chi connectivity index (χ3v) is 4.46. The molecule has 1 aliphatic heterocycles. The molecule has 0 spiro atoms. The number of aryl methyl sites for hydroxylation is 1. The van der Waals surface area contributed by atoms with Crippen molar-refractivity contribution in [2.45, 2.75) is 26.7 Å². The van der Waals surface area contributed by atoms with Crippen molar-refractivity contribution < 1.29 is 4.74 Å². The first kappa shape index (κ1) is 14.3. The van der Waals surface area contributed by atoms with E-state index in [9.17, 15) is 0 Å². The second-order valence-electron chi connectivity index (χ2n) is 5.14. The summed E-state index contributed by atoms with van der Waals surface area (Å²) >= 11 is 3.56. The van der Waals surface area contributed by atoms with Crippen molar-refractivity contribution in [1.29, 1.82) is 0 Å². The molecular weight excluding hydrogens is 330 g/mol. The van der Waals surface area contributed by atoms with Crippen molar-refractivity contribution in [3.8, 4) is 17.1 Å². The number of nitrogens with zero attached hydrogens (tertiary/aromatic N) is 2. The van der Waals surface area contributed by atoms with Gasteiger partial charge in [-0.2, -0.15) is 0 Å². The highest BCUT2D eigenvalue weighted by Crippen LogP contribution is 2.31. The molecular formula is C16H18BrN3O. The minimum absolute atomic E-state index is 0.754. The number of hydrogen-bond donors (Lipinski definition) is 1. The monoisotopic (exact) mass is 347 g/mol. The molecule has 0 amide bonds. The van der Waals surface area contributed by atoms with Gasteiger partial charge < -0.3 is 10.1 Å². The Morgan fingerprint density at radius 3 is 3.00 bits per heavy atom. The van der Waals surface area contributed by atoms with Gasteiger partial charge in [-0.25, -0.2) is 9.97 Å². The van der Waals surface area contributed by atoms with Gasteiger partial charge in [0.05, 0.1) is 16.8 Å². The molecule has 2 heterocycles. The van der Waals surface area contributed by atoms with Gasteiger partial charge in [-0.1, -0.05) is 6.92 Å². The molecule has 2 aromatic rings. The van der Waals surface area contributed by atoms with E-state index in [0.29, 0.717) is 0 Å². The molecule has 1 aliphatic rings. The van der Waals surface area contributed by atoms with E-state index in [-0.39, 0.29) is 0 Å². The van der Waals surface area contributed by atoms with E-state index < -0.39 is 0 Å². The van der Waals surface area contributed by atoms with Crippen LogP contribution in [0.2, 0.25) is 0 Å². The summed E-state index contributed by atoms with van der Waals surface area (Å²) in [4.78, 5) is 9.25. The van der Waals surface area contributed by atoms with Crippen LogP contribution in [0.4, 0.5) is 5.82 Å². The minimum Gasteiger partial charge on any atom is -0.493 e. The van der Waals surface area contributed by atoms with Gasteiger partial charge in [0.15, 0.2) is 5.82 Å². The van der Waals surface area contributed by atoms with Crippen LogP contribution in [-0.2, 0) is 6.42 Å². The number of benzene rings is 1. The zero-order valence-corrected chi connectivity index (χ0v) is 13.8. The molecule has 1 aromatic heterocycles. The largest absolute Gasteiger partial charge is 0.493 e. The van der Waals surface area contributed by atoms with Gasteiger partial charge in [0.1, 0.15) is 11.6 Å². The van der Waals surface area contributed by atoms with Gasteiger partial charge >= 0.3 is 0 Å². The number of halogens is 1. The number of anilines is 1. The first-order chi connectivity index (χ1) is 10.2. The summed E-state index contributed by atoms with van der Waals surface area (Å²) in [6.45, 7) is 5.79. The van der Waals surface area contributed by atoms with Crippen LogP contribution in [0.25, 0.3) is 11.4 Å². The molecule has 4 nitrogen and oxygen atoms in total. The number of hydrogen-bond acceptors (Lipinski definition) is 4. The summed E-state index contributed by atoms with van der Waals surface area (Å²) < 4.78 is 6.48. The van der Waals surface area contributed by atoms with Gasteiger partial charge in [0, 0.05) is 18.5 Å². The molecule has 5 heteroatoms. The molecule has 0 atom stereocenters. The van der Waals surface area contributed by atoms with Crippen LogP contribution in [-0.4, -0.2) is 23.1 Å². The maximum absolute atomic E-state index is 5.55. The normalized spacial score (nSPS) is 12.9. The van der Waals surface area contributed by atoms with Crippen molar-refractivity contribution in [3.63, 3.8) is 0 Å². The fourth-order valence-corrected chi connectivity index (χ4v) is 2.69. The Morgan fingerprint density at radius 2 is 2.19 bits per heavy atom. The first-order valence-electron chi connectivity index (χ1n) is 7.23. The molecule has 21 heavy (non-hydrogen) atoms. The Labute approximate surface area is 133 Å². The summed E-state index contributed by atoms with van der Waals surface area (Å²) in [5, 5.41) is 3.34. The summed E-state index contributed by atoms with van der Waals surface area (Å²) in [6.07, 6.45) is 2.01. The smallest absolute Gasteiger partial charge is 0.161 e. The second kappa shape index (κ2) is 6.02. The highest BCUT2D eigenvalue weighted by molar-refractivity contribution is 9.10. The zero-order chi connectivity index (χ0) is 14.8. The molecule has 0 unspecified atom stereocenters. The Bertz CT molecular complexity index is 673. The lowest BCUT2D eigenvalue weighted by Crippen LogP contribution is -2.06. The zero-order valence-electron chi connectivity index (χ0n) is 12.2. The predicted molar refractivity (Wildman–Crippen MR) is 87.9 cm³/mol. The van der Waals surface area contributed by atoms with Crippen LogP contribution < -0.4 is 10.1 Å². The van der Waals surface area contributed by atoms with Crippen LogP contribution in [0, 0.1) is 6.92 Å². The topological polar surface area (TPSA) is 47.0 Å². The van der Waals surface area contributed by atoms with E-state index in [1.807, 2.05) is 19.1 Å². The van der Waals surface area contributed by atoms with E-state index >= 15 is 0 Å². The van der Waals surface area contributed by atoms with E-state index in [2.05, 4.69) is 44.2 Å². The van der Waals surface area contributed by atoms with Gasteiger partial charge in [0.2, 0.25) is 0 Å². The SMILES string of the molecule is CCCNc1nc(-c2ccc3c(c2)CCO3)nc(C)c1Br. The third kappa shape index (κ3) is 2.88. The van der Waals surface area contributed by atoms with Gasteiger partial charge in [-0.15, -0.1) is 0 Å². The fourth-order valence-electron chi connectivity index (χ4n) is 2.37. The molecule has 0 saturated heterocycles.